The van der Waals surface area contributed by atoms with Crippen molar-refractivity contribution < 1.29 is 0 Å². The fourth-order valence-electron chi connectivity index (χ4n) is 2.11. The summed E-state index contributed by atoms with van der Waals surface area (Å²) in [6, 6.07) is 4.54. The Morgan fingerprint density at radius 3 is 3.00 bits per heavy atom. The van der Waals surface area contributed by atoms with Crippen LogP contribution < -0.4 is 0 Å². The molecular weight excluding hydrogens is 262 g/mol. The second kappa shape index (κ2) is 6.29. The van der Waals surface area contributed by atoms with Crippen LogP contribution in [0.5, 0.6) is 0 Å². The summed E-state index contributed by atoms with van der Waals surface area (Å²) in [4.78, 5) is 1.17. The standard InChI is InChI=1S/C13H19N3S2/c1-3-4-5-7-10(2)16-12(14-15-13(16)17)11-8-6-9-18-11/h6,8-10H,3-5,7H2,1-2H3,(H,15,17). The number of rotatable bonds is 6. The average Bonchev–Trinajstić information content (AvgIpc) is 2.97. The van der Waals surface area contributed by atoms with Gasteiger partial charge >= 0.3 is 0 Å². The van der Waals surface area contributed by atoms with Crippen molar-refractivity contribution in [3.05, 3.63) is 22.3 Å². The van der Waals surface area contributed by atoms with Gasteiger partial charge in [-0.2, -0.15) is 5.10 Å². The van der Waals surface area contributed by atoms with E-state index in [1.807, 2.05) is 6.07 Å². The van der Waals surface area contributed by atoms with Crippen molar-refractivity contribution in [2.24, 2.45) is 0 Å². The molecule has 1 N–H and O–H groups in total. The smallest absolute Gasteiger partial charge is 0.195 e. The summed E-state index contributed by atoms with van der Waals surface area (Å²) >= 11 is 7.05. The van der Waals surface area contributed by atoms with Crippen LogP contribution in [0.3, 0.4) is 0 Å². The Kier molecular flexibility index (Phi) is 4.72. The molecule has 0 radical (unpaired) electrons. The van der Waals surface area contributed by atoms with E-state index in [2.05, 4.69) is 40.1 Å². The third-order valence-electron chi connectivity index (χ3n) is 3.11. The first kappa shape index (κ1) is 13.5. The first-order chi connectivity index (χ1) is 8.74. The van der Waals surface area contributed by atoms with Gasteiger partial charge in [0.15, 0.2) is 10.6 Å². The lowest BCUT2D eigenvalue weighted by Gasteiger charge is -2.14. The lowest BCUT2D eigenvalue weighted by atomic mass is 10.1. The molecule has 0 aliphatic carbocycles. The van der Waals surface area contributed by atoms with Crippen molar-refractivity contribution in [2.45, 2.75) is 45.6 Å². The van der Waals surface area contributed by atoms with Crippen LogP contribution in [-0.2, 0) is 0 Å². The minimum Gasteiger partial charge on any atom is -0.297 e. The molecule has 1 atom stereocenters. The predicted octanol–water partition coefficient (Wildman–Crippen LogP) is 4.81. The van der Waals surface area contributed by atoms with E-state index in [0.717, 1.165) is 17.0 Å². The molecule has 1 unspecified atom stereocenters. The van der Waals surface area contributed by atoms with Crippen LogP contribution in [0.2, 0.25) is 0 Å². The maximum atomic E-state index is 5.35. The molecule has 2 aromatic rings. The van der Waals surface area contributed by atoms with E-state index in [9.17, 15) is 0 Å². The van der Waals surface area contributed by atoms with Gasteiger partial charge in [0, 0.05) is 6.04 Å². The largest absolute Gasteiger partial charge is 0.297 e. The number of H-pyrrole nitrogens is 1. The van der Waals surface area contributed by atoms with E-state index >= 15 is 0 Å². The number of aromatic nitrogens is 3. The first-order valence-corrected chi connectivity index (χ1v) is 7.73. The Hall–Kier alpha value is -0.940. The Bertz CT molecular complexity index is 525. The molecule has 2 aromatic heterocycles. The summed E-state index contributed by atoms with van der Waals surface area (Å²) in [6.07, 6.45) is 4.93. The lowest BCUT2D eigenvalue weighted by Crippen LogP contribution is -2.07. The summed E-state index contributed by atoms with van der Waals surface area (Å²) in [5.41, 5.74) is 0. The second-order valence-corrected chi connectivity index (χ2v) is 5.88. The SMILES string of the molecule is CCCCCC(C)n1c(-c2cccs2)n[nH]c1=S. The molecule has 0 fully saturated rings. The van der Waals surface area contributed by atoms with Crippen LogP contribution in [0.15, 0.2) is 17.5 Å². The van der Waals surface area contributed by atoms with E-state index in [1.165, 1.54) is 24.1 Å². The predicted molar refractivity (Wildman–Crippen MR) is 79.6 cm³/mol. The number of aromatic amines is 1. The Morgan fingerprint density at radius 1 is 1.50 bits per heavy atom. The van der Waals surface area contributed by atoms with Gasteiger partial charge in [-0.1, -0.05) is 32.3 Å². The molecule has 0 spiro atoms. The zero-order valence-corrected chi connectivity index (χ0v) is 12.5. The molecule has 18 heavy (non-hydrogen) atoms. The normalized spacial score (nSPS) is 12.8. The van der Waals surface area contributed by atoms with Crippen LogP contribution in [0, 0.1) is 4.77 Å². The number of hydrogen-bond donors (Lipinski definition) is 1. The fourth-order valence-corrected chi connectivity index (χ4v) is 3.13. The van der Waals surface area contributed by atoms with Gasteiger partial charge in [0.05, 0.1) is 4.88 Å². The summed E-state index contributed by atoms with van der Waals surface area (Å²) in [7, 11) is 0. The highest BCUT2D eigenvalue weighted by Gasteiger charge is 2.14. The molecule has 2 heterocycles. The summed E-state index contributed by atoms with van der Waals surface area (Å²) in [5.74, 6) is 0.971. The number of unbranched alkanes of at least 4 members (excludes halogenated alkanes) is 2. The highest BCUT2D eigenvalue weighted by molar-refractivity contribution is 7.71. The van der Waals surface area contributed by atoms with Gasteiger partial charge < -0.3 is 0 Å². The van der Waals surface area contributed by atoms with Gasteiger partial charge in [0.25, 0.3) is 0 Å². The quantitative estimate of drug-likeness (QED) is 0.609. The summed E-state index contributed by atoms with van der Waals surface area (Å²) in [6.45, 7) is 4.45. The molecule has 0 saturated carbocycles. The van der Waals surface area contributed by atoms with Gasteiger partial charge in [0.2, 0.25) is 0 Å². The topological polar surface area (TPSA) is 33.6 Å². The van der Waals surface area contributed by atoms with Crippen LogP contribution in [-0.4, -0.2) is 14.8 Å². The van der Waals surface area contributed by atoms with Gasteiger partial charge in [-0.25, -0.2) is 0 Å². The molecule has 3 nitrogen and oxygen atoms in total. The first-order valence-electron chi connectivity index (χ1n) is 6.44. The van der Waals surface area contributed by atoms with E-state index in [4.69, 9.17) is 12.2 Å². The Morgan fingerprint density at radius 2 is 2.33 bits per heavy atom. The third-order valence-corrected chi connectivity index (χ3v) is 4.27. The number of hydrogen-bond acceptors (Lipinski definition) is 3. The van der Waals surface area contributed by atoms with Crippen molar-refractivity contribution in [1.29, 1.82) is 0 Å². The van der Waals surface area contributed by atoms with E-state index in [1.54, 1.807) is 11.3 Å². The van der Waals surface area contributed by atoms with Gasteiger partial charge in [-0.05, 0) is 37.0 Å². The van der Waals surface area contributed by atoms with Crippen LogP contribution in [0.4, 0.5) is 0 Å². The van der Waals surface area contributed by atoms with Gasteiger partial charge in [0.1, 0.15) is 0 Å². The molecule has 0 bridgehead atoms. The summed E-state index contributed by atoms with van der Waals surface area (Å²) < 4.78 is 2.87. The molecule has 0 aliphatic rings. The fraction of sp³-hybridized carbons (Fsp3) is 0.538. The second-order valence-electron chi connectivity index (χ2n) is 4.54. The number of nitrogens with zero attached hydrogens (tertiary/aromatic N) is 2. The van der Waals surface area contributed by atoms with E-state index < -0.39 is 0 Å². The molecule has 2 rings (SSSR count). The lowest BCUT2D eigenvalue weighted by molar-refractivity contribution is 0.476. The van der Waals surface area contributed by atoms with Crippen molar-refractivity contribution in [2.75, 3.05) is 0 Å². The molecule has 0 amide bonds. The molecular formula is C13H19N3S2. The zero-order valence-electron chi connectivity index (χ0n) is 10.8. The van der Waals surface area contributed by atoms with Crippen molar-refractivity contribution in [3.8, 4) is 10.7 Å². The maximum Gasteiger partial charge on any atom is 0.195 e. The Balaban J connectivity index is 2.21. The van der Waals surface area contributed by atoms with Crippen molar-refractivity contribution in [1.82, 2.24) is 14.8 Å². The minimum absolute atomic E-state index is 0.403. The van der Waals surface area contributed by atoms with Gasteiger partial charge in [-0.3, -0.25) is 9.67 Å². The van der Waals surface area contributed by atoms with E-state index in [0.29, 0.717) is 6.04 Å². The van der Waals surface area contributed by atoms with Crippen LogP contribution in [0.25, 0.3) is 10.7 Å². The molecule has 98 valence electrons. The van der Waals surface area contributed by atoms with Crippen molar-refractivity contribution >= 4 is 23.6 Å². The molecule has 5 heteroatoms. The highest BCUT2D eigenvalue weighted by atomic mass is 32.1. The summed E-state index contributed by atoms with van der Waals surface area (Å²) in [5, 5.41) is 9.35. The maximum absolute atomic E-state index is 5.35. The van der Waals surface area contributed by atoms with Crippen LogP contribution >= 0.6 is 23.6 Å². The van der Waals surface area contributed by atoms with Crippen molar-refractivity contribution in [3.63, 3.8) is 0 Å². The minimum atomic E-state index is 0.403. The zero-order chi connectivity index (χ0) is 13.0. The third kappa shape index (κ3) is 2.90. The number of nitrogens with one attached hydrogen (secondary N) is 1. The highest BCUT2D eigenvalue weighted by Crippen LogP contribution is 2.27. The molecule has 0 saturated heterocycles. The van der Waals surface area contributed by atoms with Crippen LogP contribution in [0.1, 0.15) is 45.6 Å². The Labute approximate surface area is 117 Å². The number of thiophene rings is 1. The average molecular weight is 281 g/mol. The van der Waals surface area contributed by atoms with Gasteiger partial charge in [-0.15, -0.1) is 11.3 Å². The molecule has 0 aliphatic heterocycles. The van der Waals surface area contributed by atoms with E-state index in [-0.39, 0.29) is 0 Å². The molecule has 0 aromatic carbocycles. The monoisotopic (exact) mass is 281 g/mol.